The summed E-state index contributed by atoms with van der Waals surface area (Å²) in [5.41, 5.74) is 4.91. The van der Waals surface area contributed by atoms with Crippen molar-refractivity contribution in [2.75, 3.05) is 5.32 Å². The molecule has 0 spiro atoms. The van der Waals surface area contributed by atoms with Gasteiger partial charge >= 0.3 is 0 Å². The number of hydrogen-bond acceptors (Lipinski definition) is 2. The quantitative estimate of drug-likeness (QED) is 0.487. The lowest BCUT2D eigenvalue weighted by Gasteiger charge is -2.43. The summed E-state index contributed by atoms with van der Waals surface area (Å²) < 4.78 is 15.0. The first kappa shape index (κ1) is 20.9. The molecule has 2 nitrogen and oxygen atoms in total. The minimum Gasteiger partial charge on any atom is -0.375 e. The summed E-state index contributed by atoms with van der Waals surface area (Å²) in [5.74, 6) is 0.200. The maximum atomic E-state index is 15.0. The highest BCUT2D eigenvalue weighted by molar-refractivity contribution is 7.79. The van der Waals surface area contributed by atoms with E-state index in [4.69, 9.17) is 0 Å². The number of anilines is 1. The van der Waals surface area contributed by atoms with Crippen molar-refractivity contribution in [2.24, 2.45) is 5.41 Å². The largest absolute Gasteiger partial charge is 0.375 e. The van der Waals surface area contributed by atoms with Gasteiger partial charge in [0.15, 0.2) is 7.14 Å². The highest BCUT2D eigenvalue weighted by Gasteiger charge is 2.43. The van der Waals surface area contributed by atoms with Crippen LogP contribution in [0.3, 0.4) is 0 Å². The minimum absolute atomic E-state index is 0.0852. The Balaban J connectivity index is 1.88. The molecule has 0 aliphatic carbocycles. The van der Waals surface area contributed by atoms with Gasteiger partial charge in [0.25, 0.3) is 0 Å². The minimum atomic E-state index is -2.91. The van der Waals surface area contributed by atoms with Gasteiger partial charge < -0.3 is 9.88 Å². The first-order chi connectivity index (χ1) is 14.2. The van der Waals surface area contributed by atoms with Crippen LogP contribution in [0.4, 0.5) is 5.69 Å². The van der Waals surface area contributed by atoms with Crippen LogP contribution in [0.25, 0.3) is 0 Å². The molecule has 3 aromatic carbocycles. The van der Waals surface area contributed by atoms with E-state index in [1.807, 2.05) is 0 Å². The average Bonchev–Trinajstić information content (AvgIpc) is 2.72. The van der Waals surface area contributed by atoms with Gasteiger partial charge in [-0.15, -0.1) is 0 Å². The Bertz CT molecular complexity index is 1030. The Morgan fingerprint density at radius 1 is 0.800 bits per heavy atom. The monoisotopic (exact) mass is 417 g/mol. The molecule has 1 aliphatic heterocycles. The molecule has 2 atom stereocenters. The summed E-state index contributed by atoms with van der Waals surface area (Å²) in [6.45, 7) is 11.0. The fraction of sp³-hybridized carbons (Fsp3) is 0.333. The zero-order chi connectivity index (χ0) is 21.5. The van der Waals surface area contributed by atoms with Gasteiger partial charge in [0.2, 0.25) is 0 Å². The molecule has 3 aromatic rings. The van der Waals surface area contributed by atoms with E-state index < -0.39 is 7.14 Å². The van der Waals surface area contributed by atoms with Crippen molar-refractivity contribution in [3.8, 4) is 0 Å². The first-order valence-electron chi connectivity index (χ1n) is 10.8. The van der Waals surface area contributed by atoms with Gasteiger partial charge in [-0.2, -0.15) is 0 Å². The van der Waals surface area contributed by atoms with E-state index in [9.17, 15) is 0 Å². The van der Waals surface area contributed by atoms with Gasteiger partial charge in [0.1, 0.15) is 0 Å². The van der Waals surface area contributed by atoms with Crippen LogP contribution < -0.4 is 15.9 Å². The molecule has 156 valence electrons. The van der Waals surface area contributed by atoms with Crippen molar-refractivity contribution in [2.45, 2.75) is 52.7 Å². The number of nitrogens with one attached hydrogen (secondary N) is 1. The highest BCUT2D eigenvalue weighted by Crippen LogP contribution is 2.57. The maximum absolute atomic E-state index is 15.0. The number of aryl methyl sites for hydroxylation is 2. The molecule has 0 saturated carbocycles. The fourth-order valence-corrected chi connectivity index (χ4v) is 7.65. The van der Waals surface area contributed by atoms with Gasteiger partial charge in [-0.3, -0.25) is 0 Å². The normalized spacial score (nSPS) is 19.1. The van der Waals surface area contributed by atoms with Crippen LogP contribution in [0.2, 0.25) is 0 Å². The van der Waals surface area contributed by atoms with Gasteiger partial charge in [0, 0.05) is 16.3 Å². The van der Waals surface area contributed by atoms with Crippen molar-refractivity contribution >= 4 is 23.4 Å². The molecule has 0 bridgehead atoms. The van der Waals surface area contributed by atoms with Gasteiger partial charge in [-0.05, 0) is 43.2 Å². The molecule has 30 heavy (non-hydrogen) atoms. The lowest BCUT2D eigenvalue weighted by Crippen LogP contribution is -2.38. The number of rotatable bonds is 3. The van der Waals surface area contributed by atoms with E-state index in [0.29, 0.717) is 5.92 Å². The number of benzene rings is 3. The van der Waals surface area contributed by atoms with Crippen LogP contribution in [-0.2, 0) is 4.57 Å². The third-order valence-corrected chi connectivity index (χ3v) is 9.79. The topological polar surface area (TPSA) is 29.1 Å². The summed E-state index contributed by atoms with van der Waals surface area (Å²) in [6.07, 6.45) is 0.847. The summed E-state index contributed by atoms with van der Waals surface area (Å²) in [6, 6.07) is 25.1. The fourth-order valence-electron chi connectivity index (χ4n) is 4.62. The molecule has 0 aromatic heterocycles. The third kappa shape index (κ3) is 3.74. The average molecular weight is 418 g/mol. The molecule has 2 unspecified atom stereocenters. The molecule has 1 N–H and O–H groups in total. The second-order valence-corrected chi connectivity index (χ2v) is 12.7. The number of para-hydroxylation sites is 1. The van der Waals surface area contributed by atoms with Gasteiger partial charge in [-0.25, -0.2) is 0 Å². The predicted octanol–water partition coefficient (Wildman–Crippen LogP) is 6.59. The summed E-state index contributed by atoms with van der Waals surface area (Å²) in [4.78, 5) is 0. The lowest BCUT2D eigenvalue weighted by molar-refractivity contribution is 0.300. The molecule has 0 fully saturated rings. The van der Waals surface area contributed by atoms with Crippen LogP contribution in [0.5, 0.6) is 0 Å². The number of hydrogen-bond donors (Lipinski definition) is 1. The van der Waals surface area contributed by atoms with E-state index >= 15 is 4.57 Å². The Morgan fingerprint density at radius 2 is 1.30 bits per heavy atom. The number of fused-ring (bicyclic) bond motifs is 1. The molecule has 0 radical (unpaired) electrons. The second kappa shape index (κ2) is 7.75. The van der Waals surface area contributed by atoms with Crippen molar-refractivity contribution in [1.29, 1.82) is 0 Å². The Morgan fingerprint density at radius 3 is 1.80 bits per heavy atom. The van der Waals surface area contributed by atoms with Crippen molar-refractivity contribution in [3.05, 3.63) is 89.5 Å². The van der Waals surface area contributed by atoms with Crippen LogP contribution in [0.1, 0.15) is 49.8 Å². The van der Waals surface area contributed by atoms with E-state index in [0.717, 1.165) is 22.7 Å². The van der Waals surface area contributed by atoms with Crippen molar-refractivity contribution in [1.82, 2.24) is 0 Å². The SMILES string of the molecule is Cc1ccc(P(=O)(c2ccc(C)cc2)C2CC(C(C)(C)C)c3ccccc3N2)cc1. The lowest BCUT2D eigenvalue weighted by atomic mass is 9.73. The highest BCUT2D eigenvalue weighted by atomic mass is 31.2. The molecule has 0 saturated heterocycles. The predicted molar refractivity (Wildman–Crippen MR) is 130 cm³/mol. The molecular weight excluding hydrogens is 385 g/mol. The van der Waals surface area contributed by atoms with Crippen molar-refractivity contribution in [3.63, 3.8) is 0 Å². The molecule has 1 heterocycles. The summed E-state index contributed by atoms with van der Waals surface area (Å²) in [7, 11) is -2.91. The van der Waals surface area contributed by atoms with Gasteiger partial charge in [0.05, 0.1) is 5.78 Å². The second-order valence-electron chi connectivity index (χ2n) is 9.73. The van der Waals surface area contributed by atoms with Crippen LogP contribution >= 0.6 is 7.14 Å². The molecule has 0 amide bonds. The maximum Gasteiger partial charge on any atom is 0.164 e. The standard InChI is InChI=1S/C27H32NOP/c1-19-10-14-21(15-11-19)30(29,22-16-12-20(2)13-17-22)26-18-24(27(3,4)5)23-8-6-7-9-25(23)28-26/h6-17,24,26,28H,18H2,1-5H3. The van der Waals surface area contributed by atoms with Crippen LogP contribution in [-0.4, -0.2) is 5.78 Å². The van der Waals surface area contributed by atoms with Gasteiger partial charge in [-0.1, -0.05) is 98.6 Å². The Labute approximate surface area is 181 Å². The molecule has 1 aliphatic rings. The van der Waals surface area contributed by atoms with E-state index in [1.54, 1.807) is 0 Å². The zero-order valence-electron chi connectivity index (χ0n) is 18.6. The molecular formula is C27H32NOP. The molecule has 3 heteroatoms. The van der Waals surface area contributed by atoms with Crippen molar-refractivity contribution < 1.29 is 4.57 Å². The Hall–Kier alpha value is -2.31. The van der Waals surface area contributed by atoms with E-state index in [1.165, 1.54) is 16.7 Å². The van der Waals surface area contributed by atoms with Crippen LogP contribution in [0, 0.1) is 19.3 Å². The Kier molecular flexibility index (Phi) is 5.41. The smallest absolute Gasteiger partial charge is 0.164 e. The van der Waals surface area contributed by atoms with E-state index in [2.05, 4.69) is 113 Å². The molecule has 4 rings (SSSR count). The summed E-state index contributed by atoms with van der Waals surface area (Å²) >= 11 is 0. The summed E-state index contributed by atoms with van der Waals surface area (Å²) in [5, 5.41) is 5.57. The zero-order valence-corrected chi connectivity index (χ0v) is 19.5. The van der Waals surface area contributed by atoms with E-state index in [-0.39, 0.29) is 11.2 Å². The first-order valence-corrected chi connectivity index (χ1v) is 12.6. The van der Waals surface area contributed by atoms with Crippen LogP contribution in [0.15, 0.2) is 72.8 Å². The third-order valence-electron chi connectivity index (χ3n) is 6.44.